The quantitative estimate of drug-likeness (QED) is 0.760. The Labute approximate surface area is 151 Å². The normalized spacial score (nSPS) is 15.6. The fourth-order valence-electron chi connectivity index (χ4n) is 3.02. The zero-order valence-electron chi connectivity index (χ0n) is 13.4. The van der Waals surface area contributed by atoms with Crippen LogP contribution >= 0.6 is 11.6 Å². The van der Waals surface area contributed by atoms with E-state index >= 15 is 0 Å². The molecule has 0 aliphatic carbocycles. The zero-order chi connectivity index (χ0) is 17.4. The Morgan fingerprint density at radius 1 is 1.08 bits per heavy atom. The van der Waals surface area contributed by atoms with Crippen LogP contribution in [0, 0.1) is 0 Å². The molecule has 8 heteroatoms. The molecule has 0 saturated carbocycles. The van der Waals surface area contributed by atoms with Crippen LogP contribution in [0.2, 0.25) is 5.02 Å². The number of benzene rings is 2. The number of rotatable bonds is 3. The highest BCUT2D eigenvalue weighted by Crippen LogP contribution is 2.26. The molecule has 4 rings (SSSR count). The summed E-state index contributed by atoms with van der Waals surface area (Å²) in [5, 5.41) is 8.58. The number of nitrogens with zero attached hydrogens (tertiary/aromatic N) is 3. The first kappa shape index (κ1) is 16.4. The summed E-state index contributed by atoms with van der Waals surface area (Å²) in [5.41, 5.74) is 1.56. The van der Waals surface area contributed by atoms with E-state index in [0.29, 0.717) is 10.5 Å². The maximum Gasteiger partial charge on any atom is 0.283 e. The summed E-state index contributed by atoms with van der Waals surface area (Å²) in [6.07, 6.45) is 1.57. The topological polar surface area (TPSA) is 67.2 Å². The molecule has 6 nitrogen and oxygen atoms in total. The Kier molecular flexibility index (Phi) is 4.15. The van der Waals surface area contributed by atoms with Gasteiger partial charge < -0.3 is 10.2 Å². The van der Waals surface area contributed by atoms with Gasteiger partial charge in [0.1, 0.15) is 0 Å². The smallest absolute Gasteiger partial charge is 0.283 e. The zero-order valence-corrected chi connectivity index (χ0v) is 15.0. The van der Waals surface area contributed by atoms with Gasteiger partial charge in [-0.2, -0.15) is 17.6 Å². The van der Waals surface area contributed by atoms with Gasteiger partial charge in [0.25, 0.3) is 10.0 Å². The minimum absolute atomic E-state index is 0.123. The average molecular weight is 377 g/mol. The molecular formula is C17H17ClN4O2S. The summed E-state index contributed by atoms with van der Waals surface area (Å²) in [4.78, 5) is 2.36. The van der Waals surface area contributed by atoms with Crippen molar-refractivity contribution in [3.05, 3.63) is 53.7 Å². The summed E-state index contributed by atoms with van der Waals surface area (Å²) in [7, 11) is -3.80. The third kappa shape index (κ3) is 2.99. The predicted octanol–water partition coefficient (Wildman–Crippen LogP) is 2.34. The highest BCUT2D eigenvalue weighted by atomic mass is 35.5. The number of fused-ring (bicyclic) bond motifs is 1. The Bertz CT molecular complexity index is 1030. The fraction of sp³-hybridized carbons (Fsp3) is 0.235. The van der Waals surface area contributed by atoms with E-state index in [1.54, 1.807) is 18.3 Å². The first-order valence-electron chi connectivity index (χ1n) is 8.00. The van der Waals surface area contributed by atoms with E-state index < -0.39 is 10.0 Å². The van der Waals surface area contributed by atoms with Crippen molar-refractivity contribution in [3.63, 3.8) is 0 Å². The highest BCUT2D eigenvalue weighted by molar-refractivity contribution is 7.90. The van der Waals surface area contributed by atoms with Crippen LogP contribution in [0.4, 0.5) is 5.69 Å². The van der Waals surface area contributed by atoms with Gasteiger partial charge in [-0.1, -0.05) is 17.7 Å². The summed E-state index contributed by atoms with van der Waals surface area (Å²) in [5.74, 6) is 0. The van der Waals surface area contributed by atoms with Crippen LogP contribution in [0.15, 0.2) is 53.6 Å². The molecule has 2 heterocycles. The summed E-state index contributed by atoms with van der Waals surface area (Å²) < 4.78 is 27.0. The first-order chi connectivity index (χ1) is 12.1. The van der Waals surface area contributed by atoms with Crippen molar-refractivity contribution in [2.24, 2.45) is 0 Å². The van der Waals surface area contributed by atoms with Crippen molar-refractivity contribution in [3.8, 4) is 0 Å². The van der Waals surface area contributed by atoms with Crippen LogP contribution in [0.5, 0.6) is 0 Å². The van der Waals surface area contributed by atoms with E-state index in [0.717, 1.165) is 41.3 Å². The molecular weight excluding hydrogens is 360 g/mol. The van der Waals surface area contributed by atoms with Crippen LogP contribution in [0.3, 0.4) is 0 Å². The van der Waals surface area contributed by atoms with Crippen LogP contribution in [-0.4, -0.2) is 43.8 Å². The van der Waals surface area contributed by atoms with E-state index in [1.165, 1.54) is 12.1 Å². The van der Waals surface area contributed by atoms with Crippen LogP contribution in [0.1, 0.15) is 0 Å². The largest absolute Gasteiger partial charge is 0.369 e. The molecule has 0 unspecified atom stereocenters. The van der Waals surface area contributed by atoms with Crippen LogP contribution in [-0.2, 0) is 10.0 Å². The van der Waals surface area contributed by atoms with Crippen LogP contribution < -0.4 is 10.2 Å². The lowest BCUT2D eigenvalue weighted by molar-refractivity contribution is 0.582. The van der Waals surface area contributed by atoms with Gasteiger partial charge in [-0.15, -0.1) is 0 Å². The molecule has 25 heavy (non-hydrogen) atoms. The van der Waals surface area contributed by atoms with Crippen molar-refractivity contribution in [1.82, 2.24) is 14.5 Å². The van der Waals surface area contributed by atoms with E-state index in [4.69, 9.17) is 11.6 Å². The number of anilines is 1. The number of halogens is 1. The molecule has 1 N–H and O–H groups in total. The maximum atomic E-state index is 13.0. The molecule has 0 amide bonds. The Morgan fingerprint density at radius 2 is 1.88 bits per heavy atom. The minimum atomic E-state index is -3.80. The molecule has 0 radical (unpaired) electrons. The Morgan fingerprint density at radius 3 is 2.64 bits per heavy atom. The second-order valence-corrected chi connectivity index (χ2v) is 8.13. The summed E-state index contributed by atoms with van der Waals surface area (Å²) in [6.45, 7) is 3.61. The van der Waals surface area contributed by atoms with Crippen molar-refractivity contribution >= 4 is 38.2 Å². The molecule has 1 aromatic heterocycles. The van der Waals surface area contributed by atoms with Crippen molar-refractivity contribution in [2.45, 2.75) is 4.90 Å². The second kappa shape index (κ2) is 6.33. The lowest BCUT2D eigenvalue weighted by Gasteiger charge is -2.29. The third-order valence-corrected chi connectivity index (χ3v) is 6.16. The standard InChI is InChI=1S/C17H17ClN4O2S/c18-14-2-1-3-16(10-14)25(23,24)22-17-11-15(5-4-13(17)12-20-22)21-8-6-19-7-9-21/h1-5,10-12,19H,6-9H2. The third-order valence-electron chi connectivity index (χ3n) is 4.33. The monoisotopic (exact) mass is 376 g/mol. The average Bonchev–Trinajstić information content (AvgIpc) is 3.06. The lowest BCUT2D eigenvalue weighted by Crippen LogP contribution is -2.43. The molecule has 1 saturated heterocycles. The van der Waals surface area contributed by atoms with Gasteiger partial charge in [0.15, 0.2) is 0 Å². The number of nitrogens with one attached hydrogen (secondary N) is 1. The van der Waals surface area contributed by atoms with Gasteiger partial charge >= 0.3 is 0 Å². The van der Waals surface area contributed by atoms with Gasteiger partial charge in [-0.25, -0.2) is 0 Å². The molecule has 1 fully saturated rings. The van der Waals surface area contributed by atoms with E-state index in [-0.39, 0.29) is 4.90 Å². The SMILES string of the molecule is O=S(=O)(c1cccc(Cl)c1)n1ncc2ccc(N3CCNCC3)cc21. The van der Waals surface area contributed by atoms with Gasteiger partial charge in [-0.05, 0) is 36.4 Å². The first-order valence-corrected chi connectivity index (χ1v) is 9.82. The van der Waals surface area contributed by atoms with Gasteiger partial charge in [-0.3, -0.25) is 0 Å². The van der Waals surface area contributed by atoms with Crippen LogP contribution in [0.25, 0.3) is 10.9 Å². The number of piperazine rings is 1. The van der Waals surface area contributed by atoms with E-state index in [2.05, 4.69) is 15.3 Å². The predicted molar refractivity (Wildman–Crippen MR) is 98.9 cm³/mol. The summed E-state index contributed by atoms with van der Waals surface area (Å²) in [6, 6.07) is 12.0. The lowest BCUT2D eigenvalue weighted by atomic mass is 10.2. The molecule has 1 aliphatic rings. The molecule has 0 spiro atoms. The number of hydrogen-bond acceptors (Lipinski definition) is 5. The number of hydrogen-bond donors (Lipinski definition) is 1. The second-order valence-electron chi connectivity index (χ2n) is 5.93. The fourth-order valence-corrected chi connectivity index (χ4v) is 4.59. The van der Waals surface area contributed by atoms with E-state index in [1.807, 2.05) is 18.2 Å². The van der Waals surface area contributed by atoms with Crippen molar-refractivity contribution < 1.29 is 8.42 Å². The minimum Gasteiger partial charge on any atom is -0.369 e. The molecule has 3 aromatic rings. The molecule has 0 bridgehead atoms. The van der Waals surface area contributed by atoms with Gasteiger partial charge in [0, 0.05) is 42.3 Å². The molecule has 0 atom stereocenters. The van der Waals surface area contributed by atoms with Crippen molar-refractivity contribution in [2.75, 3.05) is 31.1 Å². The highest BCUT2D eigenvalue weighted by Gasteiger charge is 2.21. The molecule has 2 aromatic carbocycles. The van der Waals surface area contributed by atoms with E-state index in [9.17, 15) is 8.42 Å². The Hall–Kier alpha value is -2.09. The van der Waals surface area contributed by atoms with Gasteiger partial charge in [0.2, 0.25) is 0 Å². The maximum absolute atomic E-state index is 13.0. The molecule has 130 valence electrons. The Balaban J connectivity index is 1.82. The molecule has 1 aliphatic heterocycles. The number of aromatic nitrogens is 2. The summed E-state index contributed by atoms with van der Waals surface area (Å²) >= 11 is 5.95. The van der Waals surface area contributed by atoms with Crippen molar-refractivity contribution in [1.29, 1.82) is 0 Å². The van der Waals surface area contributed by atoms with Gasteiger partial charge in [0.05, 0.1) is 16.6 Å².